The van der Waals surface area contributed by atoms with Crippen LogP contribution in [0, 0.1) is 5.92 Å². The molecule has 0 radical (unpaired) electrons. The van der Waals surface area contributed by atoms with Crippen molar-refractivity contribution in [3.63, 3.8) is 0 Å². The van der Waals surface area contributed by atoms with Gasteiger partial charge in [-0.15, -0.1) is 0 Å². The number of amides is 3. The van der Waals surface area contributed by atoms with Crippen LogP contribution in [-0.2, 0) is 11.3 Å². The van der Waals surface area contributed by atoms with Crippen LogP contribution in [0.2, 0.25) is 0 Å². The van der Waals surface area contributed by atoms with Crippen LogP contribution in [0.5, 0.6) is 0 Å². The van der Waals surface area contributed by atoms with Crippen molar-refractivity contribution in [3.8, 4) is 0 Å². The molecule has 0 bridgehead atoms. The molecule has 2 heterocycles. The highest BCUT2D eigenvalue weighted by Crippen LogP contribution is 2.22. The summed E-state index contributed by atoms with van der Waals surface area (Å²) < 4.78 is 6.90. The Balaban J connectivity index is 1.50. The lowest BCUT2D eigenvalue weighted by atomic mass is 10.2. The van der Waals surface area contributed by atoms with E-state index in [1.54, 1.807) is 30.7 Å². The molecule has 1 fully saturated rings. The standard InChI is InChI=1S/C17H21N5O3/c1-13(11-21-6-5-18-12-21)10-19-16(23)20-14-3-2-4-15(9-14)22-7-8-25-17(22)24/h2-6,9,12-13H,7-8,10-11H2,1H3,(H2,19,20,23). The molecule has 0 aliphatic carbocycles. The summed E-state index contributed by atoms with van der Waals surface area (Å²) in [6.07, 6.45) is 5.02. The predicted octanol–water partition coefficient (Wildman–Crippen LogP) is 2.30. The first-order valence-corrected chi connectivity index (χ1v) is 8.17. The highest BCUT2D eigenvalue weighted by atomic mass is 16.6. The van der Waals surface area contributed by atoms with E-state index in [1.807, 2.05) is 16.8 Å². The molecule has 1 aromatic heterocycles. The Bertz CT molecular complexity index is 732. The molecule has 0 saturated carbocycles. The fourth-order valence-corrected chi connectivity index (χ4v) is 2.64. The summed E-state index contributed by atoms with van der Waals surface area (Å²) in [6, 6.07) is 6.85. The number of anilines is 2. The van der Waals surface area contributed by atoms with Gasteiger partial charge in [0, 0.05) is 36.9 Å². The lowest BCUT2D eigenvalue weighted by Gasteiger charge is -2.16. The van der Waals surface area contributed by atoms with Crippen LogP contribution >= 0.6 is 0 Å². The second-order valence-electron chi connectivity index (χ2n) is 6.02. The van der Waals surface area contributed by atoms with Crippen molar-refractivity contribution >= 4 is 23.5 Å². The Morgan fingerprint density at radius 1 is 1.44 bits per heavy atom. The number of carbonyl (C=O) groups is 2. The molecule has 1 unspecified atom stereocenters. The SMILES string of the molecule is CC(CNC(=O)Nc1cccc(N2CCOC2=O)c1)Cn1ccnc1. The summed E-state index contributed by atoms with van der Waals surface area (Å²) >= 11 is 0. The number of ether oxygens (including phenoxy) is 1. The lowest BCUT2D eigenvalue weighted by Crippen LogP contribution is -2.33. The van der Waals surface area contributed by atoms with Crippen molar-refractivity contribution in [2.45, 2.75) is 13.5 Å². The summed E-state index contributed by atoms with van der Waals surface area (Å²) in [6.45, 7) is 4.28. The number of aromatic nitrogens is 2. The van der Waals surface area contributed by atoms with Gasteiger partial charge in [-0.1, -0.05) is 13.0 Å². The van der Waals surface area contributed by atoms with Crippen molar-refractivity contribution in [1.82, 2.24) is 14.9 Å². The van der Waals surface area contributed by atoms with Gasteiger partial charge in [0.25, 0.3) is 0 Å². The number of imidazole rings is 1. The van der Waals surface area contributed by atoms with Gasteiger partial charge in [0.15, 0.2) is 0 Å². The van der Waals surface area contributed by atoms with Gasteiger partial charge in [-0.05, 0) is 24.1 Å². The first-order valence-electron chi connectivity index (χ1n) is 8.17. The first-order chi connectivity index (χ1) is 12.1. The van der Waals surface area contributed by atoms with Gasteiger partial charge in [-0.25, -0.2) is 14.6 Å². The largest absolute Gasteiger partial charge is 0.447 e. The van der Waals surface area contributed by atoms with Crippen LogP contribution in [0.15, 0.2) is 43.0 Å². The minimum Gasteiger partial charge on any atom is -0.447 e. The van der Waals surface area contributed by atoms with E-state index < -0.39 is 0 Å². The second kappa shape index (κ2) is 7.69. The highest BCUT2D eigenvalue weighted by Gasteiger charge is 2.23. The lowest BCUT2D eigenvalue weighted by molar-refractivity contribution is 0.181. The number of nitrogens with zero attached hydrogens (tertiary/aromatic N) is 3. The van der Waals surface area contributed by atoms with Crippen LogP contribution in [0.3, 0.4) is 0 Å². The molecule has 3 rings (SSSR count). The monoisotopic (exact) mass is 343 g/mol. The average molecular weight is 343 g/mol. The van der Waals surface area contributed by atoms with Crippen LogP contribution < -0.4 is 15.5 Å². The molecule has 2 aromatic rings. The number of rotatable bonds is 6. The number of urea groups is 1. The number of benzene rings is 1. The van der Waals surface area contributed by atoms with E-state index in [4.69, 9.17) is 4.74 Å². The first kappa shape index (κ1) is 16.8. The summed E-state index contributed by atoms with van der Waals surface area (Å²) in [5, 5.41) is 5.64. The summed E-state index contributed by atoms with van der Waals surface area (Å²) in [4.78, 5) is 29.2. The molecule has 1 saturated heterocycles. The highest BCUT2D eigenvalue weighted by molar-refractivity contribution is 5.93. The minimum absolute atomic E-state index is 0.269. The number of cyclic esters (lactones) is 1. The topological polar surface area (TPSA) is 88.5 Å². The zero-order valence-corrected chi connectivity index (χ0v) is 14.0. The fraction of sp³-hybridized carbons (Fsp3) is 0.353. The zero-order chi connectivity index (χ0) is 17.6. The Morgan fingerprint density at radius 2 is 2.32 bits per heavy atom. The molecule has 0 spiro atoms. The number of hydrogen-bond donors (Lipinski definition) is 2. The molecule has 1 aliphatic heterocycles. The Hall–Kier alpha value is -3.03. The fourth-order valence-electron chi connectivity index (χ4n) is 2.64. The van der Waals surface area contributed by atoms with Gasteiger partial charge in [-0.2, -0.15) is 0 Å². The molecule has 1 atom stereocenters. The molecule has 8 heteroatoms. The molecule has 1 aliphatic rings. The van der Waals surface area contributed by atoms with Crippen molar-refractivity contribution in [3.05, 3.63) is 43.0 Å². The van der Waals surface area contributed by atoms with Crippen LogP contribution in [0.4, 0.5) is 21.0 Å². The molecule has 8 nitrogen and oxygen atoms in total. The third-order valence-corrected chi connectivity index (χ3v) is 3.87. The quantitative estimate of drug-likeness (QED) is 0.842. The van der Waals surface area contributed by atoms with Gasteiger partial charge in [0.2, 0.25) is 0 Å². The van der Waals surface area contributed by atoms with Gasteiger partial charge in [-0.3, -0.25) is 4.90 Å². The Morgan fingerprint density at radius 3 is 3.04 bits per heavy atom. The van der Waals surface area contributed by atoms with Crippen molar-refractivity contribution in [2.75, 3.05) is 29.9 Å². The third kappa shape index (κ3) is 4.50. The van der Waals surface area contributed by atoms with E-state index in [0.29, 0.717) is 31.1 Å². The second-order valence-corrected chi connectivity index (χ2v) is 6.02. The van der Waals surface area contributed by atoms with Crippen molar-refractivity contribution in [2.24, 2.45) is 5.92 Å². The van der Waals surface area contributed by atoms with Gasteiger partial charge < -0.3 is 19.9 Å². The van der Waals surface area contributed by atoms with E-state index in [0.717, 1.165) is 6.54 Å². The normalized spacial score (nSPS) is 14.9. The summed E-state index contributed by atoms with van der Waals surface area (Å²) in [5.74, 6) is 0.269. The molecular weight excluding hydrogens is 322 g/mol. The summed E-state index contributed by atoms with van der Waals surface area (Å²) in [7, 11) is 0. The van der Waals surface area contributed by atoms with Crippen molar-refractivity contribution in [1.29, 1.82) is 0 Å². The van der Waals surface area contributed by atoms with Crippen LogP contribution in [0.1, 0.15) is 6.92 Å². The Labute approximate surface area is 145 Å². The Kier molecular flexibility index (Phi) is 5.17. The van der Waals surface area contributed by atoms with E-state index in [1.165, 1.54) is 4.90 Å². The maximum absolute atomic E-state index is 12.1. The van der Waals surface area contributed by atoms with Crippen LogP contribution in [-0.4, -0.2) is 41.4 Å². The van der Waals surface area contributed by atoms with Gasteiger partial charge in [0.1, 0.15) is 6.61 Å². The van der Waals surface area contributed by atoms with E-state index in [9.17, 15) is 9.59 Å². The molecule has 3 amide bonds. The smallest absolute Gasteiger partial charge is 0.414 e. The molecule has 132 valence electrons. The maximum Gasteiger partial charge on any atom is 0.414 e. The number of nitrogens with one attached hydrogen (secondary N) is 2. The predicted molar refractivity (Wildman–Crippen MR) is 93.5 cm³/mol. The number of carbonyl (C=O) groups excluding carboxylic acids is 2. The zero-order valence-electron chi connectivity index (χ0n) is 14.0. The minimum atomic E-state index is -0.366. The molecule has 1 aromatic carbocycles. The van der Waals surface area contributed by atoms with Gasteiger partial charge >= 0.3 is 12.1 Å². The van der Waals surface area contributed by atoms with Crippen LogP contribution in [0.25, 0.3) is 0 Å². The van der Waals surface area contributed by atoms with E-state index in [2.05, 4.69) is 22.5 Å². The average Bonchev–Trinajstić information content (AvgIpc) is 3.25. The molecule has 25 heavy (non-hydrogen) atoms. The molecule has 2 N–H and O–H groups in total. The van der Waals surface area contributed by atoms with E-state index in [-0.39, 0.29) is 18.0 Å². The molecular formula is C17H21N5O3. The maximum atomic E-state index is 12.1. The number of hydrogen-bond acceptors (Lipinski definition) is 4. The van der Waals surface area contributed by atoms with Gasteiger partial charge in [0.05, 0.1) is 12.9 Å². The third-order valence-electron chi connectivity index (χ3n) is 3.87. The summed E-state index contributed by atoms with van der Waals surface area (Å²) in [5.41, 5.74) is 1.32. The van der Waals surface area contributed by atoms with E-state index >= 15 is 0 Å². The van der Waals surface area contributed by atoms with Crippen molar-refractivity contribution < 1.29 is 14.3 Å².